The van der Waals surface area contributed by atoms with E-state index in [1.54, 1.807) is 0 Å². The van der Waals surface area contributed by atoms with Crippen molar-refractivity contribution >= 4 is 28.9 Å². The molecule has 2 N–H and O–H groups in total. The van der Waals surface area contributed by atoms with E-state index in [1.807, 2.05) is 35.5 Å². The monoisotopic (exact) mass is 250 g/mol. The number of rotatable bonds is 4. The average molecular weight is 250 g/mol. The molecule has 2 aromatic heterocycles. The summed E-state index contributed by atoms with van der Waals surface area (Å²) in [6, 6.07) is 1.96. The molecule has 2 aromatic rings. The topological polar surface area (TPSA) is 56.7 Å². The van der Waals surface area contributed by atoms with E-state index in [1.165, 1.54) is 0 Å². The minimum Gasteiger partial charge on any atom is -0.369 e. The van der Waals surface area contributed by atoms with Gasteiger partial charge >= 0.3 is 0 Å². The Labute approximate surface area is 106 Å². The quantitative estimate of drug-likeness (QED) is 0.905. The van der Waals surface area contributed by atoms with Gasteiger partial charge in [0.1, 0.15) is 5.52 Å². The maximum atomic E-state index is 5.95. The lowest BCUT2D eigenvalue weighted by Crippen LogP contribution is -2.08. The molecule has 0 fully saturated rings. The third-order valence-corrected chi connectivity index (χ3v) is 4.07. The zero-order valence-corrected chi connectivity index (χ0v) is 11.3. The van der Waals surface area contributed by atoms with Crippen LogP contribution in [0, 0.1) is 6.92 Å². The van der Waals surface area contributed by atoms with Gasteiger partial charge in [-0.05, 0) is 31.2 Å². The molecule has 1 atom stereocenters. The van der Waals surface area contributed by atoms with Crippen molar-refractivity contribution in [1.82, 2.24) is 14.5 Å². The Morgan fingerprint density at radius 2 is 2.29 bits per heavy atom. The van der Waals surface area contributed by atoms with Crippen molar-refractivity contribution in [2.75, 3.05) is 12.0 Å². The molecule has 0 bridgehead atoms. The van der Waals surface area contributed by atoms with Crippen LogP contribution in [-0.4, -0.2) is 26.0 Å². The van der Waals surface area contributed by atoms with E-state index in [0.717, 1.165) is 29.7 Å². The number of pyridine rings is 1. The number of nitrogen functional groups attached to an aromatic ring is 1. The lowest BCUT2D eigenvalue weighted by molar-refractivity contribution is 0.658. The van der Waals surface area contributed by atoms with Crippen molar-refractivity contribution in [3.63, 3.8) is 0 Å². The van der Waals surface area contributed by atoms with E-state index < -0.39 is 0 Å². The second-order valence-electron chi connectivity index (χ2n) is 4.26. The van der Waals surface area contributed by atoms with Crippen LogP contribution in [0.2, 0.25) is 0 Å². The molecule has 1 unspecified atom stereocenters. The number of hydrogen-bond donors (Lipinski definition) is 1. The van der Waals surface area contributed by atoms with Gasteiger partial charge in [-0.3, -0.25) is 4.57 Å². The van der Waals surface area contributed by atoms with Crippen LogP contribution in [0.15, 0.2) is 12.3 Å². The molecule has 0 amide bonds. The van der Waals surface area contributed by atoms with Gasteiger partial charge in [-0.15, -0.1) is 0 Å². The van der Waals surface area contributed by atoms with Crippen molar-refractivity contribution in [3.8, 4) is 0 Å². The summed E-state index contributed by atoms with van der Waals surface area (Å²) >= 11 is 1.87. The lowest BCUT2D eigenvalue weighted by atomic mass is 10.3. The smallest absolute Gasteiger partial charge is 0.202 e. The predicted molar refractivity (Wildman–Crippen MR) is 74.3 cm³/mol. The van der Waals surface area contributed by atoms with E-state index in [9.17, 15) is 0 Å². The van der Waals surface area contributed by atoms with Gasteiger partial charge in [-0.25, -0.2) is 9.97 Å². The Hall–Kier alpha value is -1.23. The van der Waals surface area contributed by atoms with Gasteiger partial charge in [0.15, 0.2) is 5.65 Å². The molecule has 0 saturated heterocycles. The highest BCUT2D eigenvalue weighted by molar-refractivity contribution is 7.99. The number of imidazole rings is 1. The first-order chi connectivity index (χ1) is 8.13. The Balaban J connectivity index is 2.33. The summed E-state index contributed by atoms with van der Waals surface area (Å²) in [5.74, 6) is 0.565. The van der Waals surface area contributed by atoms with Crippen LogP contribution in [0.25, 0.3) is 11.2 Å². The fourth-order valence-corrected chi connectivity index (χ4v) is 2.15. The van der Waals surface area contributed by atoms with Crippen LogP contribution in [-0.2, 0) is 6.54 Å². The van der Waals surface area contributed by atoms with Crippen LogP contribution in [0.1, 0.15) is 18.9 Å². The molecule has 4 nitrogen and oxygen atoms in total. The number of thioether (sulfide) groups is 1. The second kappa shape index (κ2) is 4.96. The van der Waals surface area contributed by atoms with Crippen LogP contribution < -0.4 is 5.73 Å². The van der Waals surface area contributed by atoms with E-state index in [-0.39, 0.29) is 0 Å². The van der Waals surface area contributed by atoms with Crippen LogP contribution in [0.5, 0.6) is 0 Å². The van der Waals surface area contributed by atoms with Gasteiger partial charge in [0.25, 0.3) is 0 Å². The lowest BCUT2D eigenvalue weighted by Gasteiger charge is -2.09. The van der Waals surface area contributed by atoms with Crippen molar-refractivity contribution in [2.45, 2.75) is 32.1 Å². The highest BCUT2D eigenvalue weighted by Crippen LogP contribution is 2.20. The van der Waals surface area contributed by atoms with E-state index in [4.69, 9.17) is 5.73 Å². The normalized spacial score (nSPS) is 13.1. The summed E-state index contributed by atoms with van der Waals surface area (Å²) in [7, 11) is 0. The molecule has 92 valence electrons. The van der Waals surface area contributed by atoms with Gasteiger partial charge in [-0.1, -0.05) is 6.92 Å². The SMILES string of the molecule is CSC(C)CCn1c(N)nc2c(C)ccnc21. The van der Waals surface area contributed by atoms with Crippen molar-refractivity contribution < 1.29 is 0 Å². The number of nitrogens with zero attached hydrogens (tertiary/aromatic N) is 3. The maximum absolute atomic E-state index is 5.95. The molecule has 2 rings (SSSR count). The molecule has 17 heavy (non-hydrogen) atoms. The first kappa shape index (κ1) is 12.2. The molecule has 0 aliphatic rings. The summed E-state index contributed by atoms with van der Waals surface area (Å²) in [4.78, 5) is 8.77. The predicted octanol–water partition coefficient (Wildman–Crippen LogP) is 2.46. The van der Waals surface area contributed by atoms with Gasteiger partial charge in [0, 0.05) is 18.0 Å². The van der Waals surface area contributed by atoms with E-state index in [0.29, 0.717) is 11.2 Å². The number of anilines is 1. The summed E-state index contributed by atoms with van der Waals surface area (Å²) < 4.78 is 2.01. The number of hydrogen-bond acceptors (Lipinski definition) is 4. The van der Waals surface area contributed by atoms with Crippen LogP contribution in [0.4, 0.5) is 5.95 Å². The highest BCUT2D eigenvalue weighted by Gasteiger charge is 2.11. The minimum absolute atomic E-state index is 0.565. The van der Waals surface area contributed by atoms with Crippen molar-refractivity contribution in [2.24, 2.45) is 0 Å². The zero-order chi connectivity index (χ0) is 12.4. The molecule has 0 radical (unpaired) electrons. The van der Waals surface area contributed by atoms with Crippen molar-refractivity contribution in [1.29, 1.82) is 0 Å². The summed E-state index contributed by atoms with van der Waals surface area (Å²) in [5.41, 5.74) is 8.90. The largest absolute Gasteiger partial charge is 0.369 e. The Kier molecular flexibility index (Phi) is 3.57. The molecule has 2 heterocycles. The molecule has 0 spiro atoms. The molecule has 0 aliphatic heterocycles. The van der Waals surface area contributed by atoms with Gasteiger partial charge in [-0.2, -0.15) is 11.8 Å². The first-order valence-electron chi connectivity index (χ1n) is 5.73. The molecule has 0 saturated carbocycles. The molecule has 5 heteroatoms. The Morgan fingerprint density at radius 3 is 3.00 bits per heavy atom. The number of nitrogens with two attached hydrogens (primary N) is 1. The fourth-order valence-electron chi connectivity index (χ4n) is 1.80. The summed E-state index contributed by atoms with van der Waals surface area (Å²) in [5, 5.41) is 0.622. The van der Waals surface area contributed by atoms with Crippen LogP contribution >= 0.6 is 11.8 Å². The third kappa shape index (κ3) is 2.39. The number of fused-ring (bicyclic) bond motifs is 1. The Bertz CT molecular complexity index is 520. The Morgan fingerprint density at radius 1 is 1.53 bits per heavy atom. The van der Waals surface area contributed by atoms with Gasteiger partial charge in [0.2, 0.25) is 5.95 Å². The third-order valence-electron chi connectivity index (χ3n) is 3.03. The zero-order valence-electron chi connectivity index (χ0n) is 10.5. The van der Waals surface area contributed by atoms with E-state index in [2.05, 4.69) is 23.1 Å². The van der Waals surface area contributed by atoms with Crippen LogP contribution in [0.3, 0.4) is 0 Å². The number of aryl methyl sites for hydroxylation is 2. The van der Waals surface area contributed by atoms with Gasteiger partial charge in [0.05, 0.1) is 0 Å². The summed E-state index contributed by atoms with van der Waals surface area (Å²) in [6.45, 7) is 5.13. The first-order valence-corrected chi connectivity index (χ1v) is 7.02. The molecule has 0 aliphatic carbocycles. The fraction of sp³-hybridized carbons (Fsp3) is 0.500. The van der Waals surface area contributed by atoms with E-state index >= 15 is 0 Å². The molecular weight excluding hydrogens is 232 g/mol. The molecular formula is C12H18N4S. The van der Waals surface area contributed by atoms with Crippen molar-refractivity contribution in [3.05, 3.63) is 17.8 Å². The maximum Gasteiger partial charge on any atom is 0.202 e. The number of aromatic nitrogens is 3. The van der Waals surface area contributed by atoms with Gasteiger partial charge < -0.3 is 5.73 Å². The molecule has 0 aromatic carbocycles. The summed E-state index contributed by atoms with van der Waals surface area (Å²) in [6.07, 6.45) is 5.02. The standard InChI is InChI=1S/C12H18N4S/c1-8-4-6-14-11-10(8)15-12(13)16(11)7-5-9(2)17-3/h4,6,9H,5,7H2,1-3H3,(H2,13,15). The minimum atomic E-state index is 0.565. The average Bonchev–Trinajstić information content (AvgIpc) is 2.64. The highest BCUT2D eigenvalue weighted by atomic mass is 32.2. The second-order valence-corrected chi connectivity index (χ2v) is 5.53.